The van der Waals surface area contributed by atoms with Crippen molar-refractivity contribution in [2.45, 2.75) is 0 Å². The van der Waals surface area contributed by atoms with E-state index in [0.717, 1.165) is 10.9 Å². The zero-order chi connectivity index (χ0) is 9.68. The summed E-state index contributed by atoms with van der Waals surface area (Å²) < 4.78 is 4.64. The maximum atomic E-state index is 11.2. The Morgan fingerprint density at radius 2 is 2.54 bits per heavy atom. The number of esters is 1. The quantitative estimate of drug-likeness (QED) is 0.617. The first-order valence-electron chi connectivity index (χ1n) is 3.68. The molecule has 1 aromatic heterocycles. The topological polar surface area (TPSA) is 26.3 Å². The lowest BCUT2D eigenvalue weighted by Gasteiger charge is -1.95. The molecule has 4 heteroatoms. The number of methoxy groups -OCH3 is 1. The molecule has 0 aliphatic rings. The number of carbonyl (C=O) groups excluding carboxylic acids is 1. The minimum absolute atomic E-state index is 0.274. The van der Waals surface area contributed by atoms with Crippen LogP contribution >= 0.6 is 27.3 Å². The maximum Gasteiger partial charge on any atom is 0.348 e. The summed E-state index contributed by atoms with van der Waals surface area (Å²) in [7, 11) is 1.39. The number of rotatable bonds is 3. The van der Waals surface area contributed by atoms with E-state index in [1.807, 2.05) is 23.6 Å². The van der Waals surface area contributed by atoms with E-state index < -0.39 is 0 Å². The molecule has 1 aromatic rings. The Kier molecular flexibility index (Phi) is 4.18. The van der Waals surface area contributed by atoms with Crippen molar-refractivity contribution in [2.75, 3.05) is 12.4 Å². The Hall–Kier alpha value is -0.610. The van der Waals surface area contributed by atoms with Crippen LogP contribution in [0.5, 0.6) is 0 Å². The summed E-state index contributed by atoms with van der Waals surface area (Å²) in [5, 5.41) is 2.66. The summed E-state index contributed by atoms with van der Waals surface area (Å²) in [6.07, 6.45) is 3.84. The van der Waals surface area contributed by atoms with Gasteiger partial charge in [0.2, 0.25) is 0 Å². The van der Waals surface area contributed by atoms with E-state index in [4.69, 9.17) is 0 Å². The lowest BCUT2D eigenvalue weighted by atomic mass is 10.2. The van der Waals surface area contributed by atoms with Crippen molar-refractivity contribution in [1.29, 1.82) is 0 Å². The van der Waals surface area contributed by atoms with E-state index in [9.17, 15) is 4.79 Å². The number of alkyl halides is 1. The van der Waals surface area contributed by atoms with Crippen LogP contribution in [0.2, 0.25) is 0 Å². The third kappa shape index (κ3) is 2.67. The molecule has 0 saturated heterocycles. The minimum Gasteiger partial charge on any atom is -0.465 e. The smallest absolute Gasteiger partial charge is 0.348 e. The number of ether oxygens (including phenoxy) is 1. The summed E-state index contributed by atoms with van der Waals surface area (Å²) in [6.45, 7) is 0. The highest BCUT2D eigenvalue weighted by molar-refractivity contribution is 9.09. The Morgan fingerprint density at radius 1 is 1.77 bits per heavy atom. The summed E-state index contributed by atoms with van der Waals surface area (Å²) >= 11 is 4.67. The van der Waals surface area contributed by atoms with Gasteiger partial charge in [-0.25, -0.2) is 4.79 Å². The first-order chi connectivity index (χ1) is 6.29. The van der Waals surface area contributed by atoms with Crippen molar-refractivity contribution in [1.82, 2.24) is 0 Å². The first-order valence-corrected chi connectivity index (χ1v) is 5.68. The van der Waals surface area contributed by atoms with Crippen LogP contribution in [0.1, 0.15) is 15.2 Å². The van der Waals surface area contributed by atoms with E-state index in [-0.39, 0.29) is 5.97 Å². The minimum atomic E-state index is -0.274. The van der Waals surface area contributed by atoms with Gasteiger partial charge in [0.1, 0.15) is 4.88 Å². The van der Waals surface area contributed by atoms with Crippen molar-refractivity contribution in [3.63, 3.8) is 0 Å². The van der Waals surface area contributed by atoms with E-state index in [0.29, 0.717) is 4.88 Å². The molecule has 0 amide bonds. The number of hydrogen-bond donors (Lipinski definition) is 0. The molecule has 70 valence electrons. The lowest BCUT2D eigenvalue weighted by Crippen LogP contribution is -1.99. The molecule has 0 aliphatic heterocycles. The standard InChI is InChI=1S/C9H9BrO2S/c1-12-9(11)8-7(3-2-5-10)4-6-13-8/h2-4,6H,5H2,1H3. The van der Waals surface area contributed by atoms with Gasteiger partial charge in [-0.3, -0.25) is 0 Å². The monoisotopic (exact) mass is 260 g/mol. The molecule has 13 heavy (non-hydrogen) atoms. The number of thiophene rings is 1. The van der Waals surface area contributed by atoms with Crippen LogP contribution in [0.15, 0.2) is 17.5 Å². The second-order valence-corrected chi connectivity index (χ2v) is 3.82. The maximum absolute atomic E-state index is 11.2. The van der Waals surface area contributed by atoms with Crippen LogP contribution in [0.25, 0.3) is 6.08 Å². The lowest BCUT2D eigenvalue weighted by molar-refractivity contribution is 0.0606. The van der Waals surface area contributed by atoms with Crippen LogP contribution < -0.4 is 0 Å². The average Bonchev–Trinajstić information content (AvgIpc) is 2.61. The fourth-order valence-electron chi connectivity index (χ4n) is 0.881. The van der Waals surface area contributed by atoms with Gasteiger partial charge in [0.15, 0.2) is 0 Å². The van der Waals surface area contributed by atoms with Gasteiger partial charge in [-0.05, 0) is 17.0 Å². The molecule has 0 atom stereocenters. The van der Waals surface area contributed by atoms with Gasteiger partial charge in [-0.2, -0.15) is 0 Å². The van der Waals surface area contributed by atoms with E-state index in [1.165, 1.54) is 18.4 Å². The molecule has 0 saturated carbocycles. The van der Waals surface area contributed by atoms with Crippen molar-refractivity contribution >= 4 is 39.3 Å². The summed E-state index contributed by atoms with van der Waals surface area (Å²) in [5.41, 5.74) is 0.913. The Bertz CT molecular complexity index is 317. The molecule has 0 N–H and O–H groups in total. The number of hydrogen-bond acceptors (Lipinski definition) is 3. The molecule has 0 bridgehead atoms. The van der Waals surface area contributed by atoms with Crippen LogP contribution in [0.4, 0.5) is 0 Å². The second-order valence-electron chi connectivity index (χ2n) is 2.25. The van der Waals surface area contributed by atoms with E-state index in [2.05, 4.69) is 20.7 Å². The molecular weight excluding hydrogens is 252 g/mol. The molecular formula is C9H9BrO2S. The highest BCUT2D eigenvalue weighted by Crippen LogP contribution is 2.19. The van der Waals surface area contributed by atoms with Gasteiger partial charge >= 0.3 is 5.97 Å². The Balaban J connectivity index is 2.89. The highest BCUT2D eigenvalue weighted by atomic mass is 79.9. The zero-order valence-corrected chi connectivity index (χ0v) is 9.52. The molecule has 0 aromatic carbocycles. The fourth-order valence-corrected chi connectivity index (χ4v) is 1.87. The molecule has 0 spiro atoms. The summed E-state index contributed by atoms with van der Waals surface area (Å²) in [5.74, 6) is -0.274. The third-order valence-electron chi connectivity index (χ3n) is 1.45. The predicted octanol–water partition coefficient (Wildman–Crippen LogP) is 2.94. The molecule has 1 rings (SSSR count). The highest BCUT2D eigenvalue weighted by Gasteiger charge is 2.10. The van der Waals surface area contributed by atoms with Crippen molar-refractivity contribution in [3.8, 4) is 0 Å². The van der Waals surface area contributed by atoms with E-state index >= 15 is 0 Å². The molecule has 0 fully saturated rings. The number of halogens is 1. The Labute approximate surface area is 89.3 Å². The van der Waals surface area contributed by atoms with Gasteiger partial charge in [-0.1, -0.05) is 28.1 Å². The van der Waals surface area contributed by atoms with Crippen LogP contribution in [0.3, 0.4) is 0 Å². The van der Waals surface area contributed by atoms with Crippen LogP contribution in [-0.4, -0.2) is 18.4 Å². The van der Waals surface area contributed by atoms with Gasteiger partial charge in [0.25, 0.3) is 0 Å². The molecule has 0 radical (unpaired) electrons. The number of carbonyl (C=O) groups is 1. The predicted molar refractivity (Wildman–Crippen MR) is 58.5 cm³/mol. The van der Waals surface area contributed by atoms with Crippen LogP contribution in [-0.2, 0) is 4.74 Å². The second kappa shape index (κ2) is 5.19. The van der Waals surface area contributed by atoms with Gasteiger partial charge in [-0.15, -0.1) is 11.3 Å². The summed E-state index contributed by atoms with van der Waals surface area (Å²) in [4.78, 5) is 11.9. The molecule has 2 nitrogen and oxygen atoms in total. The van der Waals surface area contributed by atoms with Gasteiger partial charge in [0.05, 0.1) is 7.11 Å². The third-order valence-corrected chi connectivity index (χ3v) is 2.74. The van der Waals surface area contributed by atoms with Gasteiger partial charge in [0, 0.05) is 5.33 Å². The van der Waals surface area contributed by atoms with Crippen molar-refractivity contribution in [2.24, 2.45) is 0 Å². The largest absolute Gasteiger partial charge is 0.465 e. The van der Waals surface area contributed by atoms with E-state index in [1.54, 1.807) is 0 Å². The molecule has 1 heterocycles. The van der Waals surface area contributed by atoms with Crippen molar-refractivity contribution < 1.29 is 9.53 Å². The number of allylic oxidation sites excluding steroid dienone is 1. The molecule has 0 unspecified atom stereocenters. The van der Waals surface area contributed by atoms with Crippen LogP contribution in [0, 0.1) is 0 Å². The SMILES string of the molecule is COC(=O)c1sccc1C=CCBr. The zero-order valence-electron chi connectivity index (χ0n) is 7.12. The van der Waals surface area contributed by atoms with Crippen molar-refractivity contribution in [3.05, 3.63) is 28.0 Å². The molecule has 0 aliphatic carbocycles. The normalized spacial score (nSPS) is 10.6. The summed E-state index contributed by atoms with van der Waals surface area (Å²) in [6, 6.07) is 1.90. The average molecular weight is 261 g/mol. The Morgan fingerprint density at radius 3 is 3.15 bits per heavy atom. The van der Waals surface area contributed by atoms with Gasteiger partial charge < -0.3 is 4.74 Å². The fraction of sp³-hybridized carbons (Fsp3) is 0.222. The first kappa shape index (κ1) is 10.5.